The van der Waals surface area contributed by atoms with Crippen molar-refractivity contribution in [2.45, 2.75) is 46.0 Å². The summed E-state index contributed by atoms with van der Waals surface area (Å²) < 4.78 is 5.28. The average molecular weight is 281 g/mol. The lowest BCUT2D eigenvalue weighted by Gasteiger charge is -2.25. The van der Waals surface area contributed by atoms with E-state index in [4.69, 9.17) is 9.73 Å². The molecule has 2 fully saturated rings. The van der Waals surface area contributed by atoms with E-state index in [0.29, 0.717) is 11.3 Å². The second kappa shape index (κ2) is 7.30. The zero-order chi connectivity index (χ0) is 14.4. The number of likely N-dealkylation sites (tertiary alicyclic amines) is 1. The average Bonchev–Trinajstić information content (AvgIpc) is 3.05. The maximum atomic E-state index is 5.28. The van der Waals surface area contributed by atoms with Gasteiger partial charge in [-0.05, 0) is 31.6 Å². The number of guanidine groups is 1. The van der Waals surface area contributed by atoms with Crippen LogP contribution in [0.1, 0.15) is 46.0 Å². The van der Waals surface area contributed by atoms with Gasteiger partial charge in [-0.1, -0.05) is 19.8 Å². The Balaban J connectivity index is 1.92. The highest BCUT2D eigenvalue weighted by atomic mass is 16.5. The van der Waals surface area contributed by atoms with Crippen LogP contribution in [0.4, 0.5) is 0 Å². The molecule has 0 aromatic heterocycles. The number of hydrogen-bond donors (Lipinski definition) is 1. The van der Waals surface area contributed by atoms with Crippen LogP contribution in [0.5, 0.6) is 0 Å². The molecule has 0 aromatic rings. The van der Waals surface area contributed by atoms with Crippen LogP contribution >= 0.6 is 0 Å². The van der Waals surface area contributed by atoms with Crippen molar-refractivity contribution in [2.75, 3.05) is 39.9 Å². The van der Waals surface area contributed by atoms with Gasteiger partial charge in [0.2, 0.25) is 0 Å². The van der Waals surface area contributed by atoms with Gasteiger partial charge >= 0.3 is 0 Å². The Morgan fingerprint density at radius 3 is 2.80 bits per heavy atom. The van der Waals surface area contributed by atoms with Gasteiger partial charge in [0.05, 0.1) is 6.61 Å². The molecule has 1 saturated carbocycles. The van der Waals surface area contributed by atoms with Crippen molar-refractivity contribution in [1.29, 1.82) is 0 Å². The van der Waals surface area contributed by atoms with Crippen LogP contribution in [0.2, 0.25) is 0 Å². The van der Waals surface area contributed by atoms with Gasteiger partial charge in [0.15, 0.2) is 5.96 Å². The van der Waals surface area contributed by atoms with E-state index in [9.17, 15) is 0 Å². The Kier molecular flexibility index (Phi) is 5.70. The monoisotopic (exact) mass is 281 g/mol. The Bertz CT molecular complexity index is 324. The standard InChI is InChI=1S/C16H31N3O/c1-4-17-15(18-13-16(2)8-5-6-9-16)19-10-7-14(11-19)12-20-3/h14H,4-13H2,1-3H3,(H,17,18). The highest BCUT2D eigenvalue weighted by molar-refractivity contribution is 5.80. The molecule has 0 aromatic carbocycles. The highest BCUT2D eigenvalue weighted by Gasteiger charge is 2.29. The molecule has 0 radical (unpaired) electrons. The molecule has 1 saturated heterocycles. The van der Waals surface area contributed by atoms with Gasteiger partial charge in [0.1, 0.15) is 0 Å². The topological polar surface area (TPSA) is 36.9 Å². The van der Waals surface area contributed by atoms with Crippen LogP contribution in [0.25, 0.3) is 0 Å². The van der Waals surface area contributed by atoms with Gasteiger partial charge in [0.25, 0.3) is 0 Å². The molecule has 1 aliphatic carbocycles. The lowest BCUT2D eigenvalue weighted by Crippen LogP contribution is -2.41. The minimum Gasteiger partial charge on any atom is -0.384 e. The van der Waals surface area contributed by atoms with Crippen molar-refractivity contribution >= 4 is 5.96 Å². The zero-order valence-corrected chi connectivity index (χ0v) is 13.5. The molecule has 116 valence electrons. The Morgan fingerprint density at radius 1 is 1.40 bits per heavy atom. The summed E-state index contributed by atoms with van der Waals surface area (Å²) in [5.74, 6) is 1.77. The molecule has 4 nitrogen and oxygen atoms in total. The largest absolute Gasteiger partial charge is 0.384 e. The fourth-order valence-electron chi connectivity index (χ4n) is 3.47. The smallest absolute Gasteiger partial charge is 0.193 e. The molecule has 1 heterocycles. The SMILES string of the molecule is CCNC(=NCC1(C)CCCC1)N1CCC(COC)C1. The molecule has 0 amide bonds. The van der Waals surface area contributed by atoms with Crippen molar-refractivity contribution in [2.24, 2.45) is 16.3 Å². The molecule has 1 aliphatic heterocycles. The van der Waals surface area contributed by atoms with E-state index in [0.717, 1.165) is 38.7 Å². The summed E-state index contributed by atoms with van der Waals surface area (Å²) in [4.78, 5) is 7.34. The van der Waals surface area contributed by atoms with E-state index in [-0.39, 0.29) is 0 Å². The van der Waals surface area contributed by atoms with E-state index in [2.05, 4.69) is 24.1 Å². The maximum Gasteiger partial charge on any atom is 0.193 e. The van der Waals surface area contributed by atoms with Gasteiger partial charge in [-0.25, -0.2) is 0 Å². The first-order valence-electron chi connectivity index (χ1n) is 8.19. The fraction of sp³-hybridized carbons (Fsp3) is 0.938. The molecule has 1 atom stereocenters. The summed E-state index contributed by atoms with van der Waals surface area (Å²) in [6, 6.07) is 0. The summed E-state index contributed by atoms with van der Waals surface area (Å²) in [6.07, 6.45) is 6.64. The zero-order valence-electron chi connectivity index (χ0n) is 13.5. The summed E-state index contributed by atoms with van der Waals surface area (Å²) in [5.41, 5.74) is 0.437. The normalized spacial score (nSPS) is 26.2. The summed E-state index contributed by atoms with van der Waals surface area (Å²) in [7, 11) is 1.79. The molecule has 4 heteroatoms. The van der Waals surface area contributed by atoms with Gasteiger partial charge in [-0.3, -0.25) is 4.99 Å². The minimum absolute atomic E-state index is 0.437. The molecule has 2 aliphatic rings. The Morgan fingerprint density at radius 2 is 2.15 bits per heavy atom. The molecular weight excluding hydrogens is 250 g/mol. The third-order valence-corrected chi connectivity index (χ3v) is 4.74. The minimum atomic E-state index is 0.437. The maximum absolute atomic E-state index is 5.28. The van der Waals surface area contributed by atoms with Gasteiger partial charge in [0, 0.05) is 39.2 Å². The number of methoxy groups -OCH3 is 1. The molecule has 2 rings (SSSR count). The Hall–Kier alpha value is -0.770. The molecule has 0 spiro atoms. The van der Waals surface area contributed by atoms with E-state index < -0.39 is 0 Å². The first kappa shape index (κ1) is 15.6. The highest BCUT2D eigenvalue weighted by Crippen LogP contribution is 2.37. The lowest BCUT2D eigenvalue weighted by molar-refractivity contribution is 0.157. The number of rotatable bonds is 5. The predicted molar refractivity (Wildman–Crippen MR) is 84.1 cm³/mol. The van der Waals surface area contributed by atoms with Crippen LogP contribution < -0.4 is 5.32 Å². The van der Waals surface area contributed by atoms with Crippen molar-refractivity contribution in [3.8, 4) is 0 Å². The molecule has 0 bridgehead atoms. The summed E-state index contributed by atoms with van der Waals surface area (Å²) in [6.45, 7) is 9.52. The van der Waals surface area contributed by atoms with Crippen LogP contribution in [0.15, 0.2) is 4.99 Å². The molecule has 1 N–H and O–H groups in total. The number of nitrogens with one attached hydrogen (secondary N) is 1. The molecule has 1 unspecified atom stereocenters. The third-order valence-electron chi connectivity index (χ3n) is 4.74. The molecular formula is C16H31N3O. The first-order chi connectivity index (χ1) is 9.67. The second-order valence-electron chi connectivity index (χ2n) is 6.74. The number of ether oxygens (including phenoxy) is 1. The summed E-state index contributed by atoms with van der Waals surface area (Å²) >= 11 is 0. The first-order valence-corrected chi connectivity index (χ1v) is 8.19. The second-order valence-corrected chi connectivity index (χ2v) is 6.74. The van der Waals surface area contributed by atoms with E-state index in [1.807, 2.05) is 0 Å². The van der Waals surface area contributed by atoms with Gasteiger partial charge in [-0.2, -0.15) is 0 Å². The Labute approximate surface area is 124 Å². The van der Waals surface area contributed by atoms with Crippen LogP contribution in [0.3, 0.4) is 0 Å². The van der Waals surface area contributed by atoms with Crippen LogP contribution in [-0.2, 0) is 4.74 Å². The number of hydrogen-bond acceptors (Lipinski definition) is 2. The van der Waals surface area contributed by atoms with E-state index >= 15 is 0 Å². The number of nitrogens with zero attached hydrogens (tertiary/aromatic N) is 2. The van der Waals surface area contributed by atoms with Crippen molar-refractivity contribution in [3.05, 3.63) is 0 Å². The van der Waals surface area contributed by atoms with Crippen molar-refractivity contribution in [1.82, 2.24) is 10.2 Å². The quantitative estimate of drug-likeness (QED) is 0.621. The lowest BCUT2D eigenvalue weighted by atomic mass is 9.89. The van der Waals surface area contributed by atoms with E-state index in [1.54, 1.807) is 7.11 Å². The van der Waals surface area contributed by atoms with Crippen LogP contribution in [0, 0.1) is 11.3 Å². The van der Waals surface area contributed by atoms with E-state index in [1.165, 1.54) is 32.1 Å². The summed E-state index contributed by atoms with van der Waals surface area (Å²) in [5, 5.41) is 3.46. The van der Waals surface area contributed by atoms with Gasteiger partial charge < -0.3 is 15.0 Å². The number of aliphatic imine (C=N–C) groups is 1. The predicted octanol–water partition coefficient (Wildman–Crippen LogP) is 2.50. The van der Waals surface area contributed by atoms with Crippen LogP contribution in [-0.4, -0.2) is 50.8 Å². The fourth-order valence-corrected chi connectivity index (χ4v) is 3.47. The molecule has 20 heavy (non-hydrogen) atoms. The van der Waals surface area contributed by atoms with Crippen molar-refractivity contribution < 1.29 is 4.74 Å². The third kappa shape index (κ3) is 4.11. The van der Waals surface area contributed by atoms with Gasteiger partial charge in [-0.15, -0.1) is 0 Å². The van der Waals surface area contributed by atoms with Crippen molar-refractivity contribution in [3.63, 3.8) is 0 Å².